The molecule has 1 saturated heterocycles. The van der Waals surface area contributed by atoms with Crippen molar-refractivity contribution < 1.29 is 14.7 Å². The van der Waals surface area contributed by atoms with E-state index in [9.17, 15) is 9.59 Å². The summed E-state index contributed by atoms with van der Waals surface area (Å²) in [6.45, 7) is 5.02. The van der Waals surface area contributed by atoms with Crippen LogP contribution in [0.5, 0.6) is 0 Å². The summed E-state index contributed by atoms with van der Waals surface area (Å²) in [6, 6.07) is -0.581. The molecule has 2 fully saturated rings. The Morgan fingerprint density at radius 1 is 1.22 bits per heavy atom. The molecular weight excluding hydrogens is 230 g/mol. The van der Waals surface area contributed by atoms with Gasteiger partial charge in [0.2, 0.25) is 5.91 Å². The monoisotopic (exact) mass is 253 g/mol. The average molecular weight is 253 g/mol. The third-order valence-corrected chi connectivity index (χ3v) is 4.38. The number of carbonyl (C=O) groups is 2. The van der Waals surface area contributed by atoms with Crippen molar-refractivity contribution in [1.82, 2.24) is 4.90 Å². The van der Waals surface area contributed by atoms with E-state index >= 15 is 0 Å². The topological polar surface area (TPSA) is 57.6 Å². The summed E-state index contributed by atoms with van der Waals surface area (Å²) in [6.07, 6.45) is 5.49. The minimum atomic E-state index is -0.851. The van der Waals surface area contributed by atoms with E-state index in [2.05, 4.69) is 13.8 Å². The first-order valence-electron chi connectivity index (χ1n) is 6.94. The summed E-state index contributed by atoms with van der Waals surface area (Å²) in [5.74, 6) is -0.739. The number of rotatable bonds is 2. The molecule has 4 heteroatoms. The molecule has 0 aromatic carbocycles. The lowest BCUT2D eigenvalue weighted by Crippen LogP contribution is -2.45. The summed E-state index contributed by atoms with van der Waals surface area (Å²) in [5.41, 5.74) is 0.219. The van der Waals surface area contributed by atoms with Crippen molar-refractivity contribution in [2.45, 2.75) is 58.4 Å². The highest BCUT2D eigenvalue weighted by Crippen LogP contribution is 2.39. The molecule has 2 rings (SSSR count). The van der Waals surface area contributed by atoms with Crippen LogP contribution in [-0.4, -0.2) is 34.5 Å². The third kappa shape index (κ3) is 2.68. The molecule has 2 atom stereocenters. The fourth-order valence-corrected chi connectivity index (χ4v) is 3.43. The predicted molar refractivity (Wildman–Crippen MR) is 68.1 cm³/mol. The first-order chi connectivity index (χ1) is 8.41. The molecule has 2 aliphatic rings. The number of carbonyl (C=O) groups excluding carboxylic acids is 1. The summed E-state index contributed by atoms with van der Waals surface area (Å²) >= 11 is 0. The Morgan fingerprint density at radius 2 is 1.94 bits per heavy atom. The normalized spacial score (nSPS) is 31.3. The molecule has 0 spiro atoms. The lowest BCUT2D eigenvalue weighted by molar-refractivity contribution is -0.150. The first kappa shape index (κ1) is 13.4. The number of amides is 1. The van der Waals surface area contributed by atoms with Crippen molar-refractivity contribution in [3.8, 4) is 0 Å². The van der Waals surface area contributed by atoms with Crippen LogP contribution in [0.3, 0.4) is 0 Å². The molecule has 0 aromatic rings. The molecule has 1 saturated carbocycles. The SMILES string of the molecule is CC1(C)CCCC(C(=O)N2CCCC2C(=O)O)C1. The van der Waals surface area contributed by atoms with E-state index in [-0.39, 0.29) is 17.2 Å². The molecule has 1 amide bonds. The molecule has 1 aliphatic heterocycles. The van der Waals surface area contributed by atoms with Crippen LogP contribution in [0.15, 0.2) is 0 Å². The smallest absolute Gasteiger partial charge is 0.326 e. The van der Waals surface area contributed by atoms with Gasteiger partial charge in [-0.1, -0.05) is 20.3 Å². The first-order valence-corrected chi connectivity index (χ1v) is 6.94. The number of hydrogen-bond acceptors (Lipinski definition) is 2. The minimum Gasteiger partial charge on any atom is -0.480 e. The molecular formula is C14H23NO3. The summed E-state index contributed by atoms with van der Waals surface area (Å²) in [4.78, 5) is 25.2. The van der Waals surface area contributed by atoms with Gasteiger partial charge >= 0.3 is 5.97 Å². The molecule has 0 radical (unpaired) electrons. The zero-order valence-corrected chi connectivity index (χ0v) is 11.3. The second kappa shape index (κ2) is 4.90. The van der Waals surface area contributed by atoms with E-state index in [1.54, 1.807) is 4.90 Å². The lowest BCUT2D eigenvalue weighted by Gasteiger charge is -2.36. The number of nitrogens with zero attached hydrogens (tertiary/aromatic N) is 1. The molecule has 0 bridgehead atoms. The van der Waals surface area contributed by atoms with Gasteiger partial charge in [0.15, 0.2) is 0 Å². The Labute approximate surface area is 108 Å². The predicted octanol–water partition coefficient (Wildman–Crippen LogP) is 2.28. The van der Waals surface area contributed by atoms with Crippen molar-refractivity contribution in [3.63, 3.8) is 0 Å². The van der Waals surface area contributed by atoms with Gasteiger partial charge in [-0.25, -0.2) is 4.79 Å². The maximum Gasteiger partial charge on any atom is 0.326 e. The van der Waals surface area contributed by atoms with Crippen LogP contribution in [0.25, 0.3) is 0 Å². The maximum absolute atomic E-state index is 12.5. The molecule has 18 heavy (non-hydrogen) atoms. The van der Waals surface area contributed by atoms with E-state index in [1.165, 1.54) is 6.42 Å². The van der Waals surface area contributed by atoms with Crippen molar-refractivity contribution in [1.29, 1.82) is 0 Å². The van der Waals surface area contributed by atoms with Gasteiger partial charge in [-0.15, -0.1) is 0 Å². The number of carboxylic acids is 1. The standard InChI is InChI=1S/C14H23NO3/c1-14(2)7-3-5-10(9-14)12(16)15-8-4-6-11(15)13(17)18/h10-11H,3-9H2,1-2H3,(H,17,18). The van der Waals surface area contributed by atoms with Gasteiger partial charge in [-0.3, -0.25) is 4.79 Å². The molecule has 102 valence electrons. The second-order valence-corrected chi connectivity index (χ2v) is 6.49. The molecule has 4 nitrogen and oxygen atoms in total. The van der Waals surface area contributed by atoms with Gasteiger partial charge in [-0.2, -0.15) is 0 Å². The number of aliphatic carboxylic acids is 1. The van der Waals surface area contributed by atoms with Crippen LogP contribution < -0.4 is 0 Å². The maximum atomic E-state index is 12.5. The van der Waals surface area contributed by atoms with Crippen molar-refractivity contribution >= 4 is 11.9 Å². The lowest BCUT2D eigenvalue weighted by atomic mass is 9.72. The Hall–Kier alpha value is -1.06. The summed E-state index contributed by atoms with van der Waals surface area (Å²) in [7, 11) is 0. The molecule has 2 unspecified atom stereocenters. The van der Waals surface area contributed by atoms with Crippen LogP contribution >= 0.6 is 0 Å². The molecule has 1 N–H and O–H groups in total. The minimum absolute atomic E-state index is 0.0358. The molecule has 0 aromatic heterocycles. The molecule has 1 heterocycles. The van der Waals surface area contributed by atoms with Crippen LogP contribution in [0.2, 0.25) is 0 Å². The van der Waals surface area contributed by atoms with Crippen molar-refractivity contribution in [3.05, 3.63) is 0 Å². The zero-order chi connectivity index (χ0) is 13.3. The van der Waals surface area contributed by atoms with Crippen LogP contribution in [0.4, 0.5) is 0 Å². The number of likely N-dealkylation sites (tertiary alicyclic amines) is 1. The Morgan fingerprint density at radius 3 is 2.56 bits per heavy atom. The van der Waals surface area contributed by atoms with Gasteiger partial charge in [0, 0.05) is 12.5 Å². The second-order valence-electron chi connectivity index (χ2n) is 6.49. The van der Waals surface area contributed by atoms with E-state index in [0.717, 1.165) is 25.7 Å². The quantitative estimate of drug-likeness (QED) is 0.821. The van der Waals surface area contributed by atoms with Crippen LogP contribution in [0, 0.1) is 11.3 Å². The summed E-state index contributed by atoms with van der Waals surface area (Å²) < 4.78 is 0. The average Bonchev–Trinajstić information content (AvgIpc) is 2.75. The summed E-state index contributed by atoms with van der Waals surface area (Å²) in [5, 5.41) is 9.14. The van der Waals surface area contributed by atoms with Gasteiger partial charge in [0.05, 0.1) is 0 Å². The van der Waals surface area contributed by atoms with Crippen LogP contribution in [0.1, 0.15) is 52.4 Å². The van der Waals surface area contributed by atoms with Gasteiger partial charge in [0.25, 0.3) is 0 Å². The highest BCUT2D eigenvalue weighted by atomic mass is 16.4. The van der Waals surface area contributed by atoms with Crippen molar-refractivity contribution in [2.75, 3.05) is 6.54 Å². The van der Waals surface area contributed by atoms with Crippen LogP contribution in [-0.2, 0) is 9.59 Å². The van der Waals surface area contributed by atoms with Gasteiger partial charge < -0.3 is 10.0 Å². The Bertz CT molecular complexity index is 351. The largest absolute Gasteiger partial charge is 0.480 e. The van der Waals surface area contributed by atoms with E-state index in [0.29, 0.717) is 13.0 Å². The van der Waals surface area contributed by atoms with Gasteiger partial charge in [-0.05, 0) is 37.5 Å². The van der Waals surface area contributed by atoms with Crippen molar-refractivity contribution in [2.24, 2.45) is 11.3 Å². The number of hydrogen-bond donors (Lipinski definition) is 1. The fourth-order valence-electron chi connectivity index (χ4n) is 3.43. The number of carboxylic acid groups (broad SMARTS) is 1. The van der Waals surface area contributed by atoms with E-state index in [1.807, 2.05) is 0 Å². The van der Waals surface area contributed by atoms with Gasteiger partial charge in [0.1, 0.15) is 6.04 Å². The highest BCUT2D eigenvalue weighted by molar-refractivity contribution is 5.85. The molecule has 1 aliphatic carbocycles. The zero-order valence-electron chi connectivity index (χ0n) is 11.3. The highest BCUT2D eigenvalue weighted by Gasteiger charge is 2.39. The van der Waals surface area contributed by atoms with E-state index < -0.39 is 12.0 Å². The fraction of sp³-hybridized carbons (Fsp3) is 0.857. The Kier molecular flexibility index (Phi) is 3.64. The van der Waals surface area contributed by atoms with E-state index in [4.69, 9.17) is 5.11 Å². The third-order valence-electron chi connectivity index (χ3n) is 4.38. The Balaban J connectivity index is 2.04.